The minimum absolute atomic E-state index is 0.0187. The number of amides is 1. The van der Waals surface area contributed by atoms with Gasteiger partial charge in [0.1, 0.15) is 11.5 Å². The Bertz CT molecular complexity index is 696. The smallest absolute Gasteiger partial charge is 0.241 e. The van der Waals surface area contributed by atoms with Crippen LogP contribution in [0.5, 0.6) is 11.5 Å². The highest BCUT2D eigenvalue weighted by Crippen LogP contribution is 2.23. The van der Waals surface area contributed by atoms with Crippen LogP contribution < -0.4 is 25.8 Å². The van der Waals surface area contributed by atoms with Gasteiger partial charge in [0.2, 0.25) is 5.91 Å². The molecule has 2 atom stereocenters. The summed E-state index contributed by atoms with van der Waals surface area (Å²) in [6, 6.07) is 17.1. The molecule has 1 amide bonds. The molecule has 0 radical (unpaired) electrons. The minimum atomic E-state index is -0.189. The highest BCUT2D eigenvalue weighted by Gasteiger charge is 2.29. The summed E-state index contributed by atoms with van der Waals surface area (Å²) >= 11 is 1.61. The van der Waals surface area contributed by atoms with E-state index in [1.54, 1.807) is 11.9 Å². The number of carbonyl (C=O) groups is 1. The maximum Gasteiger partial charge on any atom is 0.241 e. The van der Waals surface area contributed by atoms with Gasteiger partial charge in [-0.25, -0.2) is 0 Å². The van der Waals surface area contributed by atoms with E-state index in [0.29, 0.717) is 6.54 Å². The number of anilines is 1. The Hall–Kier alpha value is -2.06. The second-order valence-electron chi connectivity index (χ2n) is 6.08. The fourth-order valence-electron chi connectivity index (χ4n) is 2.72. The number of carbonyl (C=O) groups excluding carboxylic acids is 1. The predicted octanol–water partition coefficient (Wildman–Crippen LogP) is 2.34. The Labute approximate surface area is 158 Å². The van der Waals surface area contributed by atoms with Crippen molar-refractivity contribution in [1.82, 2.24) is 10.0 Å². The molecule has 0 saturated carbocycles. The SMILES string of the molecule is NCCSN[C@H]1CN[C@H](C(=O)Nc2ccc(Oc3ccccc3)cc2)C1. The van der Waals surface area contributed by atoms with Crippen molar-refractivity contribution in [3.8, 4) is 11.5 Å². The van der Waals surface area contributed by atoms with Crippen LogP contribution >= 0.6 is 11.9 Å². The third-order valence-corrected chi connectivity index (χ3v) is 4.96. The third kappa shape index (κ3) is 5.47. The molecule has 1 saturated heterocycles. The number of nitrogens with one attached hydrogen (secondary N) is 3. The van der Waals surface area contributed by atoms with Crippen molar-refractivity contribution < 1.29 is 9.53 Å². The van der Waals surface area contributed by atoms with Crippen molar-refractivity contribution in [2.24, 2.45) is 5.73 Å². The van der Waals surface area contributed by atoms with E-state index in [-0.39, 0.29) is 18.0 Å². The summed E-state index contributed by atoms with van der Waals surface area (Å²) in [6.45, 7) is 1.42. The van der Waals surface area contributed by atoms with Gasteiger partial charge in [0.25, 0.3) is 0 Å². The van der Waals surface area contributed by atoms with Gasteiger partial charge in [-0.05, 0) is 42.8 Å². The van der Waals surface area contributed by atoms with Gasteiger partial charge in [-0.1, -0.05) is 30.1 Å². The van der Waals surface area contributed by atoms with Crippen LogP contribution in [-0.4, -0.2) is 36.8 Å². The molecule has 26 heavy (non-hydrogen) atoms. The van der Waals surface area contributed by atoms with Crippen molar-refractivity contribution >= 4 is 23.5 Å². The van der Waals surface area contributed by atoms with Crippen LogP contribution in [0.15, 0.2) is 54.6 Å². The number of para-hydroxylation sites is 1. The molecule has 0 aromatic heterocycles. The quantitative estimate of drug-likeness (QED) is 0.420. The zero-order valence-corrected chi connectivity index (χ0v) is 15.3. The van der Waals surface area contributed by atoms with Crippen LogP contribution in [0, 0.1) is 0 Å². The second kappa shape index (κ2) is 9.59. The fraction of sp³-hybridized carbons (Fsp3) is 0.316. The third-order valence-electron chi connectivity index (χ3n) is 4.02. The lowest BCUT2D eigenvalue weighted by Gasteiger charge is -2.13. The predicted molar refractivity (Wildman–Crippen MR) is 106 cm³/mol. The van der Waals surface area contributed by atoms with Crippen molar-refractivity contribution in [1.29, 1.82) is 0 Å². The largest absolute Gasteiger partial charge is 0.457 e. The molecule has 0 unspecified atom stereocenters. The van der Waals surface area contributed by atoms with Gasteiger partial charge < -0.3 is 21.1 Å². The maximum atomic E-state index is 12.4. The van der Waals surface area contributed by atoms with E-state index in [0.717, 1.165) is 35.9 Å². The number of hydrogen-bond donors (Lipinski definition) is 4. The Kier molecular flexibility index (Phi) is 6.90. The molecule has 1 aliphatic rings. The molecular weight excluding hydrogens is 348 g/mol. The number of nitrogens with two attached hydrogens (primary N) is 1. The zero-order chi connectivity index (χ0) is 18.2. The lowest BCUT2D eigenvalue weighted by molar-refractivity contribution is -0.117. The molecule has 2 aromatic carbocycles. The Morgan fingerprint density at radius 2 is 1.88 bits per heavy atom. The number of rotatable bonds is 8. The monoisotopic (exact) mass is 372 g/mol. The van der Waals surface area contributed by atoms with Gasteiger partial charge in [0.05, 0.1) is 6.04 Å². The molecule has 0 aliphatic carbocycles. The van der Waals surface area contributed by atoms with E-state index in [9.17, 15) is 4.79 Å². The first-order valence-corrected chi connectivity index (χ1v) is 9.68. The lowest BCUT2D eigenvalue weighted by atomic mass is 10.1. The average molecular weight is 372 g/mol. The number of benzene rings is 2. The van der Waals surface area contributed by atoms with Crippen molar-refractivity contribution in [3.63, 3.8) is 0 Å². The minimum Gasteiger partial charge on any atom is -0.457 e. The topological polar surface area (TPSA) is 88.4 Å². The molecule has 1 heterocycles. The first-order chi connectivity index (χ1) is 12.7. The van der Waals surface area contributed by atoms with Crippen LogP contribution in [0.25, 0.3) is 0 Å². The molecular formula is C19H24N4O2S. The molecule has 6 nitrogen and oxygen atoms in total. The van der Waals surface area contributed by atoms with E-state index < -0.39 is 0 Å². The van der Waals surface area contributed by atoms with Crippen LogP contribution in [0.3, 0.4) is 0 Å². The number of hydrogen-bond acceptors (Lipinski definition) is 6. The molecule has 0 bridgehead atoms. The first kappa shape index (κ1) is 18.7. The van der Waals surface area contributed by atoms with Crippen LogP contribution in [0.1, 0.15) is 6.42 Å². The summed E-state index contributed by atoms with van der Waals surface area (Å²) in [6.07, 6.45) is 0.763. The van der Waals surface area contributed by atoms with Crippen molar-refractivity contribution in [2.75, 3.05) is 24.2 Å². The molecule has 7 heteroatoms. The summed E-state index contributed by atoms with van der Waals surface area (Å²) in [5.74, 6) is 2.36. The summed E-state index contributed by atoms with van der Waals surface area (Å²) < 4.78 is 9.09. The molecule has 2 aromatic rings. The lowest BCUT2D eigenvalue weighted by Crippen LogP contribution is -2.35. The van der Waals surface area contributed by atoms with E-state index in [2.05, 4.69) is 15.4 Å². The standard InChI is InChI=1S/C19H24N4O2S/c20-10-11-26-23-15-12-18(21-13-15)19(24)22-14-6-8-17(9-7-14)25-16-4-2-1-3-5-16/h1-9,15,18,21,23H,10-13,20H2,(H,22,24)/t15-,18+/m1/s1. The highest BCUT2D eigenvalue weighted by atomic mass is 32.2. The van der Waals surface area contributed by atoms with Crippen LogP contribution in [0.4, 0.5) is 5.69 Å². The van der Waals surface area contributed by atoms with Gasteiger partial charge >= 0.3 is 0 Å². The second-order valence-corrected chi connectivity index (χ2v) is 7.01. The van der Waals surface area contributed by atoms with Gasteiger partial charge in [0, 0.05) is 30.6 Å². The van der Waals surface area contributed by atoms with E-state index in [1.165, 1.54) is 0 Å². The average Bonchev–Trinajstić information content (AvgIpc) is 3.14. The molecule has 0 spiro atoms. The number of ether oxygens (including phenoxy) is 1. The first-order valence-electron chi connectivity index (χ1n) is 8.69. The van der Waals surface area contributed by atoms with E-state index >= 15 is 0 Å². The van der Waals surface area contributed by atoms with E-state index in [4.69, 9.17) is 10.5 Å². The van der Waals surface area contributed by atoms with E-state index in [1.807, 2.05) is 54.6 Å². The normalized spacial score (nSPS) is 19.3. The van der Waals surface area contributed by atoms with Crippen molar-refractivity contribution in [2.45, 2.75) is 18.5 Å². The molecule has 138 valence electrons. The van der Waals surface area contributed by atoms with Crippen LogP contribution in [0.2, 0.25) is 0 Å². The van der Waals surface area contributed by atoms with Crippen molar-refractivity contribution in [3.05, 3.63) is 54.6 Å². The Morgan fingerprint density at radius 3 is 2.62 bits per heavy atom. The maximum absolute atomic E-state index is 12.4. The highest BCUT2D eigenvalue weighted by molar-refractivity contribution is 7.97. The molecule has 3 rings (SSSR count). The van der Waals surface area contributed by atoms with Crippen LogP contribution in [-0.2, 0) is 4.79 Å². The fourth-order valence-corrected chi connectivity index (χ4v) is 3.37. The zero-order valence-electron chi connectivity index (χ0n) is 14.5. The van der Waals surface area contributed by atoms with Gasteiger partial charge in [-0.3, -0.25) is 9.52 Å². The summed E-state index contributed by atoms with van der Waals surface area (Å²) in [4.78, 5) is 12.4. The molecule has 5 N–H and O–H groups in total. The molecule has 1 fully saturated rings. The summed E-state index contributed by atoms with van der Waals surface area (Å²) in [5, 5.41) is 6.21. The Morgan fingerprint density at radius 1 is 1.15 bits per heavy atom. The van der Waals surface area contributed by atoms with Gasteiger partial charge in [-0.15, -0.1) is 0 Å². The van der Waals surface area contributed by atoms with Gasteiger partial charge in [-0.2, -0.15) is 0 Å². The molecule has 1 aliphatic heterocycles. The Balaban J connectivity index is 1.47. The summed E-state index contributed by atoms with van der Waals surface area (Å²) in [5.41, 5.74) is 6.23. The summed E-state index contributed by atoms with van der Waals surface area (Å²) in [7, 11) is 0. The van der Waals surface area contributed by atoms with Gasteiger partial charge in [0.15, 0.2) is 0 Å².